The molecule has 3 N–H and O–H groups in total. The number of rotatable bonds is 3. The second kappa shape index (κ2) is 10.9. The summed E-state index contributed by atoms with van der Waals surface area (Å²) >= 11 is 0. The lowest BCUT2D eigenvalue weighted by Crippen LogP contribution is -2.42. The Morgan fingerprint density at radius 2 is 1.94 bits per heavy atom. The van der Waals surface area contributed by atoms with Crippen LogP contribution in [-0.4, -0.2) is 51.9 Å². The molecule has 1 aromatic carbocycles. The molecule has 0 saturated carbocycles. The van der Waals surface area contributed by atoms with Gasteiger partial charge in [0.1, 0.15) is 22.8 Å². The van der Waals surface area contributed by atoms with Crippen LogP contribution < -0.4 is 10.1 Å². The minimum absolute atomic E-state index is 0. The molecule has 174 valence electrons. The minimum Gasteiger partial charge on any atom is -0.507 e. The summed E-state index contributed by atoms with van der Waals surface area (Å²) in [7, 11) is 0. The van der Waals surface area contributed by atoms with Gasteiger partial charge in [0.25, 0.3) is 0 Å². The lowest BCUT2D eigenvalue weighted by molar-refractivity contribution is 0.101. The van der Waals surface area contributed by atoms with Gasteiger partial charge in [0.15, 0.2) is 5.76 Å². The molecule has 0 aliphatic carbocycles. The van der Waals surface area contributed by atoms with Gasteiger partial charge in [-0.05, 0) is 30.3 Å². The number of halogens is 3. The van der Waals surface area contributed by atoms with Gasteiger partial charge in [-0.3, -0.25) is 9.69 Å². The fourth-order valence-electron chi connectivity index (χ4n) is 3.91. The first-order valence-electron chi connectivity index (χ1n) is 9.81. The zero-order valence-electron chi connectivity index (χ0n) is 17.5. The number of piperazine rings is 1. The van der Waals surface area contributed by atoms with Crippen molar-refractivity contribution in [1.82, 2.24) is 20.2 Å². The van der Waals surface area contributed by atoms with Gasteiger partial charge in [0, 0.05) is 49.9 Å². The van der Waals surface area contributed by atoms with Crippen LogP contribution in [0.1, 0.15) is 27.2 Å². The first-order valence-corrected chi connectivity index (χ1v) is 9.81. The van der Waals surface area contributed by atoms with Crippen molar-refractivity contribution >= 4 is 60.1 Å². The van der Waals surface area contributed by atoms with Crippen molar-refractivity contribution in [2.24, 2.45) is 0 Å². The fourth-order valence-corrected chi connectivity index (χ4v) is 3.91. The van der Waals surface area contributed by atoms with Gasteiger partial charge in [0.2, 0.25) is 5.78 Å². The number of nitrogens with zero attached hydrogens (tertiary/aromatic N) is 2. The smallest absolute Gasteiger partial charge is 0.231 e. The van der Waals surface area contributed by atoms with E-state index in [0.29, 0.717) is 34.8 Å². The number of aromatic nitrogens is 2. The Labute approximate surface area is 209 Å². The number of phenols is 1. The van der Waals surface area contributed by atoms with Crippen molar-refractivity contribution in [2.45, 2.75) is 6.54 Å². The predicted octanol–water partition coefficient (Wildman–Crippen LogP) is 3.54. The van der Waals surface area contributed by atoms with Crippen molar-refractivity contribution in [2.75, 3.05) is 26.2 Å². The van der Waals surface area contributed by atoms with Gasteiger partial charge in [-0.25, -0.2) is 4.98 Å². The molecule has 1 fully saturated rings. The number of H-pyrrole nitrogens is 1. The molecule has 0 unspecified atom stereocenters. The number of nitrogens with one attached hydrogen (secondary N) is 2. The van der Waals surface area contributed by atoms with E-state index in [0.717, 1.165) is 37.1 Å². The second-order valence-corrected chi connectivity index (χ2v) is 7.39. The van der Waals surface area contributed by atoms with Crippen molar-refractivity contribution in [3.05, 3.63) is 58.6 Å². The Hall–Kier alpha value is -2.73. The Morgan fingerprint density at radius 3 is 2.67 bits per heavy atom. The summed E-state index contributed by atoms with van der Waals surface area (Å²) in [5, 5.41) is 14.6. The van der Waals surface area contributed by atoms with Crippen molar-refractivity contribution in [3.8, 4) is 23.8 Å². The molecule has 0 radical (unpaired) electrons. The van der Waals surface area contributed by atoms with Gasteiger partial charge in [-0.1, -0.05) is 5.92 Å². The molecule has 0 amide bonds. The number of pyridine rings is 1. The van der Waals surface area contributed by atoms with Gasteiger partial charge >= 0.3 is 0 Å². The van der Waals surface area contributed by atoms with E-state index in [4.69, 9.17) is 11.2 Å². The molecule has 2 aliphatic heterocycles. The Bertz CT molecular complexity index is 1240. The average Bonchev–Trinajstić information content (AvgIpc) is 3.32. The molecule has 3 aromatic rings. The molecule has 0 atom stereocenters. The van der Waals surface area contributed by atoms with Gasteiger partial charge < -0.3 is 20.1 Å². The number of carbonyl (C=O) groups is 1. The predicted molar refractivity (Wildman–Crippen MR) is 135 cm³/mol. The summed E-state index contributed by atoms with van der Waals surface area (Å²) in [4.78, 5) is 22.6. The number of terminal acetylenes is 1. The van der Waals surface area contributed by atoms with E-state index < -0.39 is 0 Å². The van der Waals surface area contributed by atoms with E-state index in [1.54, 1.807) is 30.5 Å². The Balaban J connectivity index is 0.00000128. The number of aromatic amines is 1. The molecule has 33 heavy (non-hydrogen) atoms. The number of ketones is 1. The van der Waals surface area contributed by atoms with Crippen LogP contribution in [-0.2, 0) is 6.54 Å². The van der Waals surface area contributed by atoms with Gasteiger partial charge in [-0.2, -0.15) is 0 Å². The monoisotopic (exact) mass is 508 g/mol. The summed E-state index contributed by atoms with van der Waals surface area (Å²) in [5.74, 6) is 3.11. The van der Waals surface area contributed by atoms with Crippen LogP contribution in [0.4, 0.5) is 0 Å². The third kappa shape index (κ3) is 4.96. The third-order valence-corrected chi connectivity index (χ3v) is 5.51. The topological polar surface area (TPSA) is 90.5 Å². The fraction of sp³-hybridized carbons (Fsp3) is 0.217. The number of allylic oxidation sites excluding steroid dienone is 1. The van der Waals surface area contributed by atoms with Crippen molar-refractivity contribution < 1.29 is 14.6 Å². The van der Waals surface area contributed by atoms with Gasteiger partial charge in [-0.15, -0.1) is 43.6 Å². The molecule has 2 aromatic heterocycles. The summed E-state index contributed by atoms with van der Waals surface area (Å²) in [5.41, 5.74) is 3.08. The van der Waals surface area contributed by atoms with Crippen LogP contribution in [0.15, 0.2) is 36.2 Å². The van der Waals surface area contributed by atoms with Crippen LogP contribution in [0.2, 0.25) is 0 Å². The number of hydrogen-bond acceptors (Lipinski definition) is 6. The molecule has 0 bridgehead atoms. The van der Waals surface area contributed by atoms with E-state index in [2.05, 4.69) is 26.1 Å². The number of ether oxygens (including phenoxy) is 1. The standard InChI is InChI=1S/C23H20N4O3.3ClH/c1-2-15-3-4-16-14(12-25-23(16)26-15)11-20-21(29)17-5-6-19(28)18(22(17)30-20)13-27-9-7-24-8-10-27;;;/h1,3-6,11-12,24,28H,7-10,13H2,(H,25,26);3*1H/b20-11-;;;. The largest absolute Gasteiger partial charge is 0.507 e. The molecular formula is C23H23Cl3N4O3. The first-order chi connectivity index (χ1) is 14.6. The normalized spacial score (nSPS) is 16.2. The number of hydrogen-bond donors (Lipinski definition) is 3. The van der Waals surface area contributed by atoms with E-state index >= 15 is 0 Å². The Kier molecular flexibility index (Phi) is 8.78. The maximum atomic E-state index is 13.0. The van der Waals surface area contributed by atoms with Crippen LogP contribution in [0, 0.1) is 12.3 Å². The molecule has 4 heterocycles. The van der Waals surface area contributed by atoms with Gasteiger partial charge in [0.05, 0.1) is 11.1 Å². The lowest BCUT2D eigenvalue weighted by Gasteiger charge is -2.27. The number of carbonyl (C=O) groups excluding carboxylic acids is 1. The zero-order valence-corrected chi connectivity index (χ0v) is 19.9. The molecule has 5 rings (SSSR count). The summed E-state index contributed by atoms with van der Waals surface area (Å²) in [6.45, 7) is 4.08. The summed E-state index contributed by atoms with van der Waals surface area (Å²) in [6.07, 6.45) is 8.88. The maximum absolute atomic E-state index is 13.0. The zero-order chi connectivity index (χ0) is 20.7. The number of phenolic OH excluding ortho intramolecular Hbond substituents is 1. The third-order valence-electron chi connectivity index (χ3n) is 5.51. The van der Waals surface area contributed by atoms with Crippen LogP contribution in [0.5, 0.6) is 11.5 Å². The molecule has 2 aliphatic rings. The van der Waals surface area contributed by atoms with Crippen molar-refractivity contribution in [3.63, 3.8) is 0 Å². The second-order valence-electron chi connectivity index (χ2n) is 7.39. The molecule has 0 spiro atoms. The van der Waals surface area contributed by atoms with Crippen LogP contribution in [0.25, 0.3) is 17.1 Å². The number of aromatic hydroxyl groups is 1. The molecular weight excluding hydrogens is 487 g/mol. The van der Waals surface area contributed by atoms with Crippen LogP contribution >= 0.6 is 37.2 Å². The first kappa shape index (κ1) is 26.5. The summed E-state index contributed by atoms with van der Waals surface area (Å²) < 4.78 is 5.98. The lowest BCUT2D eigenvalue weighted by atomic mass is 10.0. The van der Waals surface area contributed by atoms with E-state index in [1.165, 1.54) is 0 Å². The van der Waals surface area contributed by atoms with E-state index in [-0.39, 0.29) is 54.5 Å². The van der Waals surface area contributed by atoms with E-state index in [1.807, 2.05) is 6.07 Å². The highest BCUT2D eigenvalue weighted by atomic mass is 35.5. The highest BCUT2D eigenvalue weighted by Crippen LogP contribution is 2.40. The SMILES string of the molecule is C#Cc1ccc2c(/C=C3\Oc4c(ccc(O)c4CN4CCNCC4)C3=O)c[nH]c2n1.Cl.Cl.Cl. The molecule has 10 heteroatoms. The van der Waals surface area contributed by atoms with Crippen molar-refractivity contribution in [1.29, 1.82) is 0 Å². The number of Topliss-reactive ketones (excluding diaryl/α,β-unsaturated/α-hetero) is 1. The minimum atomic E-state index is -0.200. The summed E-state index contributed by atoms with van der Waals surface area (Å²) in [6, 6.07) is 6.81. The molecule has 1 saturated heterocycles. The highest BCUT2D eigenvalue weighted by Gasteiger charge is 2.32. The number of benzene rings is 1. The highest BCUT2D eigenvalue weighted by molar-refractivity contribution is 6.15. The number of fused-ring (bicyclic) bond motifs is 2. The maximum Gasteiger partial charge on any atom is 0.231 e. The Morgan fingerprint density at radius 1 is 1.18 bits per heavy atom. The average molecular weight is 510 g/mol. The quantitative estimate of drug-likeness (QED) is 0.370. The molecule has 7 nitrogen and oxygen atoms in total. The van der Waals surface area contributed by atoms with E-state index in [9.17, 15) is 9.90 Å². The van der Waals surface area contributed by atoms with Crippen LogP contribution in [0.3, 0.4) is 0 Å².